The van der Waals surface area contributed by atoms with Gasteiger partial charge in [-0.2, -0.15) is 4.98 Å². The van der Waals surface area contributed by atoms with Crippen LogP contribution in [0.15, 0.2) is 51.9 Å². The fraction of sp³-hybridized carbons (Fsp3) is 0.300. The molecule has 3 rings (SSSR count). The second kappa shape index (κ2) is 8.71. The van der Waals surface area contributed by atoms with Crippen LogP contribution in [0.25, 0.3) is 0 Å². The summed E-state index contributed by atoms with van der Waals surface area (Å²) in [6.45, 7) is 4.25. The van der Waals surface area contributed by atoms with E-state index in [0.717, 1.165) is 23.3 Å². The number of benzene rings is 2. The lowest BCUT2D eigenvalue weighted by Crippen LogP contribution is -2.29. The van der Waals surface area contributed by atoms with Crippen LogP contribution in [0.3, 0.4) is 0 Å². The van der Waals surface area contributed by atoms with Gasteiger partial charge in [0.05, 0.1) is 4.90 Å². The molecule has 0 saturated carbocycles. The van der Waals surface area contributed by atoms with Crippen LogP contribution in [0.1, 0.15) is 22.8 Å². The van der Waals surface area contributed by atoms with Crippen LogP contribution in [0.2, 0.25) is 0 Å². The predicted octanol–water partition coefficient (Wildman–Crippen LogP) is 3.27. The second-order valence-electron chi connectivity index (χ2n) is 6.75. The normalized spacial score (nSPS) is 11.8. The summed E-state index contributed by atoms with van der Waals surface area (Å²) in [6.07, 6.45) is 0.268. The Hall–Kier alpha value is -2.78. The predicted molar refractivity (Wildman–Crippen MR) is 104 cm³/mol. The minimum Gasteiger partial charge on any atom is -0.484 e. The van der Waals surface area contributed by atoms with Gasteiger partial charge in [-0.15, -0.1) is 0 Å². The summed E-state index contributed by atoms with van der Waals surface area (Å²) in [7, 11) is -2.27. The van der Waals surface area contributed by atoms with Gasteiger partial charge < -0.3 is 9.26 Å². The molecule has 0 spiro atoms. The molecule has 1 aromatic heterocycles. The van der Waals surface area contributed by atoms with E-state index in [9.17, 15) is 12.8 Å². The first-order chi connectivity index (χ1) is 13.7. The van der Waals surface area contributed by atoms with Gasteiger partial charge in [0.1, 0.15) is 11.6 Å². The Morgan fingerprint density at radius 3 is 2.41 bits per heavy atom. The number of halogens is 1. The summed E-state index contributed by atoms with van der Waals surface area (Å²) in [5.74, 6) is 0.912. The van der Waals surface area contributed by atoms with Gasteiger partial charge in [-0.25, -0.2) is 17.1 Å². The number of aryl methyl sites for hydroxylation is 2. The summed E-state index contributed by atoms with van der Waals surface area (Å²) >= 11 is 0. The first-order valence-corrected chi connectivity index (χ1v) is 10.4. The molecule has 0 atom stereocenters. The molecule has 7 nitrogen and oxygen atoms in total. The minimum absolute atomic E-state index is 0.0250. The summed E-state index contributed by atoms with van der Waals surface area (Å²) in [5, 5.41) is 3.86. The molecule has 0 N–H and O–H groups in total. The maximum absolute atomic E-state index is 13.0. The average Bonchev–Trinajstić information content (AvgIpc) is 3.12. The standard InChI is InChI=1S/C20H22FN3O4S/c1-14-10-15(2)12-17(11-14)27-13-20-22-19(23-28-20)8-9-24(3)29(25,26)18-6-4-16(21)5-7-18/h4-7,10-12H,8-9,13H2,1-3H3. The molecule has 0 radical (unpaired) electrons. The third-order valence-corrected chi connectivity index (χ3v) is 6.11. The topological polar surface area (TPSA) is 85.5 Å². The van der Waals surface area contributed by atoms with E-state index in [-0.39, 0.29) is 24.5 Å². The molecule has 0 unspecified atom stereocenters. The van der Waals surface area contributed by atoms with E-state index in [0.29, 0.717) is 17.5 Å². The van der Waals surface area contributed by atoms with Gasteiger partial charge in [0.15, 0.2) is 12.4 Å². The van der Waals surface area contributed by atoms with Gasteiger partial charge >= 0.3 is 0 Å². The number of ether oxygens (including phenoxy) is 1. The molecular weight excluding hydrogens is 397 g/mol. The van der Waals surface area contributed by atoms with E-state index < -0.39 is 15.8 Å². The third-order valence-electron chi connectivity index (χ3n) is 4.24. The first kappa shape index (κ1) is 20.9. The molecule has 0 amide bonds. The highest BCUT2D eigenvalue weighted by molar-refractivity contribution is 7.89. The average molecular weight is 419 g/mol. The fourth-order valence-corrected chi connectivity index (χ4v) is 3.95. The lowest BCUT2D eigenvalue weighted by molar-refractivity contribution is 0.242. The second-order valence-corrected chi connectivity index (χ2v) is 8.79. The molecule has 0 aliphatic rings. The van der Waals surface area contributed by atoms with Crippen LogP contribution in [-0.2, 0) is 23.1 Å². The number of sulfonamides is 1. The number of nitrogens with zero attached hydrogens (tertiary/aromatic N) is 3. The minimum atomic E-state index is -3.72. The van der Waals surface area contributed by atoms with Crippen molar-refractivity contribution in [2.75, 3.05) is 13.6 Å². The Balaban J connectivity index is 1.56. The SMILES string of the molecule is Cc1cc(C)cc(OCc2nc(CCN(C)S(=O)(=O)c3ccc(F)cc3)no2)c1. The monoisotopic (exact) mass is 419 g/mol. The largest absolute Gasteiger partial charge is 0.484 e. The van der Waals surface area contributed by atoms with Crippen LogP contribution in [0.4, 0.5) is 4.39 Å². The van der Waals surface area contributed by atoms with E-state index in [1.165, 1.54) is 23.5 Å². The number of aromatic nitrogens is 2. The molecule has 29 heavy (non-hydrogen) atoms. The van der Waals surface area contributed by atoms with Crippen LogP contribution < -0.4 is 4.74 Å². The van der Waals surface area contributed by atoms with E-state index in [2.05, 4.69) is 10.1 Å². The summed E-state index contributed by atoms with van der Waals surface area (Å²) in [5.41, 5.74) is 2.19. The highest BCUT2D eigenvalue weighted by atomic mass is 32.2. The molecule has 0 aliphatic carbocycles. The van der Waals surface area contributed by atoms with Crippen molar-refractivity contribution in [3.63, 3.8) is 0 Å². The van der Waals surface area contributed by atoms with Crippen molar-refractivity contribution in [3.8, 4) is 5.75 Å². The Kier molecular flexibility index (Phi) is 6.29. The smallest absolute Gasteiger partial charge is 0.264 e. The Labute approximate surface area is 169 Å². The van der Waals surface area contributed by atoms with E-state index in [1.54, 1.807) is 0 Å². The molecule has 2 aromatic carbocycles. The number of hydrogen-bond acceptors (Lipinski definition) is 6. The quantitative estimate of drug-likeness (QED) is 0.557. The van der Waals surface area contributed by atoms with Crippen molar-refractivity contribution in [1.29, 1.82) is 0 Å². The van der Waals surface area contributed by atoms with Crippen LogP contribution in [0.5, 0.6) is 5.75 Å². The summed E-state index contributed by atoms with van der Waals surface area (Å²) in [6, 6.07) is 10.6. The lowest BCUT2D eigenvalue weighted by atomic mass is 10.1. The fourth-order valence-electron chi connectivity index (χ4n) is 2.78. The zero-order valence-corrected chi connectivity index (χ0v) is 17.2. The molecule has 0 bridgehead atoms. The van der Waals surface area contributed by atoms with E-state index >= 15 is 0 Å². The molecule has 0 fully saturated rings. The van der Waals surface area contributed by atoms with E-state index in [4.69, 9.17) is 9.26 Å². The van der Waals surface area contributed by atoms with Crippen molar-refractivity contribution >= 4 is 10.0 Å². The van der Waals surface area contributed by atoms with Crippen LogP contribution >= 0.6 is 0 Å². The Bertz CT molecular complexity index is 1060. The molecular formula is C20H22FN3O4S. The van der Waals surface area contributed by atoms with Gasteiger partial charge in [-0.05, 0) is 61.4 Å². The lowest BCUT2D eigenvalue weighted by Gasteiger charge is -2.16. The van der Waals surface area contributed by atoms with Gasteiger partial charge in [0.2, 0.25) is 10.0 Å². The molecule has 1 heterocycles. The third kappa shape index (κ3) is 5.39. The maximum Gasteiger partial charge on any atom is 0.264 e. The van der Waals surface area contributed by atoms with Crippen LogP contribution in [0, 0.1) is 19.7 Å². The Morgan fingerprint density at radius 2 is 1.76 bits per heavy atom. The van der Waals surface area contributed by atoms with E-state index in [1.807, 2.05) is 32.0 Å². The maximum atomic E-state index is 13.0. The number of rotatable bonds is 8. The van der Waals surface area contributed by atoms with Crippen molar-refractivity contribution < 1.29 is 22.1 Å². The molecule has 0 saturated heterocycles. The van der Waals surface area contributed by atoms with Crippen LogP contribution in [-0.4, -0.2) is 36.5 Å². The number of likely N-dealkylation sites (N-methyl/N-ethyl adjacent to an activating group) is 1. The molecule has 3 aromatic rings. The van der Waals surface area contributed by atoms with Gasteiger partial charge in [0.25, 0.3) is 5.89 Å². The summed E-state index contributed by atoms with van der Waals surface area (Å²) < 4.78 is 50.0. The first-order valence-electron chi connectivity index (χ1n) is 8.98. The summed E-state index contributed by atoms with van der Waals surface area (Å²) in [4.78, 5) is 4.26. The van der Waals surface area contributed by atoms with Crippen molar-refractivity contribution in [2.45, 2.75) is 31.8 Å². The van der Waals surface area contributed by atoms with Crippen molar-refractivity contribution in [1.82, 2.24) is 14.4 Å². The van der Waals surface area contributed by atoms with Crippen molar-refractivity contribution in [3.05, 3.63) is 71.1 Å². The Morgan fingerprint density at radius 1 is 1.10 bits per heavy atom. The molecule has 9 heteroatoms. The molecule has 154 valence electrons. The van der Waals surface area contributed by atoms with Gasteiger partial charge in [-0.1, -0.05) is 11.2 Å². The highest BCUT2D eigenvalue weighted by Crippen LogP contribution is 2.18. The highest BCUT2D eigenvalue weighted by Gasteiger charge is 2.21. The van der Waals surface area contributed by atoms with Gasteiger partial charge in [-0.3, -0.25) is 0 Å². The number of hydrogen-bond donors (Lipinski definition) is 0. The zero-order valence-electron chi connectivity index (χ0n) is 16.4. The molecule has 0 aliphatic heterocycles. The zero-order chi connectivity index (χ0) is 21.0. The van der Waals surface area contributed by atoms with Gasteiger partial charge in [0, 0.05) is 20.0 Å². The van der Waals surface area contributed by atoms with Crippen molar-refractivity contribution in [2.24, 2.45) is 0 Å².